The molecule has 0 unspecified atom stereocenters. The number of nitrogens with one attached hydrogen (secondary N) is 2. The molecule has 0 saturated carbocycles. The second-order valence-corrected chi connectivity index (χ2v) is 5.98. The number of carbonyl (C=O) groups is 1. The molecule has 24 heavy (non-hydrogen) atoms. The molecular formula is C19H23ClN2O2. The summed E-state index contributed by atoms with van der Waals surface area (Å²) < 4.78 is 5.89. The Morgan fingerprint density at radius 1 is 1.12 bits per heavy atom. The molecule has 2 aromatic rings. The molecule has 1 heterocycles. The van der Waals surface area contributed by atoms with Crippen LogP contribution < -0.4 is 15.4 Å². The minimum atomic E-state index is 0. The number of benzene rings is 2. The van der Waals surface area contributed by atoms with Gasteiger partial charge in [-0.1, -0.05) is 30.3 Å². The summed E-state index contributed by atoms with van der Waals surface area (Å²) in [5.41, 5.74) is 0.715. The van der Waals surface area contributed by atoms with Crippen LogP contribution in [0.25, 0.3) is 0 Å². The molecule has 1 aliphatic rings. The summed E-state index contributed by atoms with van der Waals surface area (Å²) in [7, 11) is 0. The first-order valence-electron chi connectivity index (χ1n) is 8.08. The lowest BCUT2D eigenvalue weighted by Crippen LogP contribution is -2.40. The van der Waals surface area contributed by atoms with Gasteiger partial charge in [0.15, 0.2) is 5.75 Å². The van der Waals surface area contributed by atoms with Crippen LogP contribution in [-0.2, 0) is 4.79 Å². The van der Waals surface area contributed by atoms with E-state index in [1.54, 1.807) is 0 Å². The minimum Gasteiger partial charge on any atom is -0.455 e. The van der Waals surface area contributed by atoms with E-state index in [0.717, 1.165) is 25.1 Å². The Morgan fingerprint density at radius 2 is 1.83 bits per heavy atom. The zero-order valence-corrected chi connectivity index (χ0v) is 14.5. The van der Waals surface area contributed by atoms with E-state index >= 15 is 0 Å². The largest absolute Gasteiger partial charge is 0.455 e. The Hall–Kier alpha value is -2.04. The van der Waals surface area contributed by atoms with Gasteiger partial charge in [0.25, 0.3) is 0 Å². The van der Waals surface area contributed by atoms with Crippen LogP contribution in [0.1, 0.15) is 19.8 Å². The predicted octanol–water partition coefficient (Wildman–Crippen LogP) is 4.23. The van der Waals surface area contributed by atoms with Crippen LogP contribution in [0.15, 0.2) is 54.6 Å². The normalized spacial score (nSPS) is 19.9. The molecule has 1 amide bonds. The van der Waals surface area contributed by atoms with Crippen molar-refractivity contribution in [2.45, 2.75) is 25.8 Å². The van der Waals surface area contributed by atoms with Crippen LogP contribution in [0.2, 0.25) is 0 Å². The lowest BCUT2D eigenvalue weighted by molar-refractivity contribution is -0.120. The van der Waals surface area contributed by atoms with Crippen molar-refractivity contribution in [3.63, 3.8) is 0 Å². The fourth-order valence-electron chi connectivity index (χ4n) is 2.88. The molecule has 0 radical (unpaired) electrons. The van der Waals surface area contributed by atoms with Crippen LogP contribution >= 0.6 is 12.4 Å². The van der Waals surface area contributed by atoms with Crippen LogP contribution in [-0.4, -0.2) is 18.5 Å². The fraction of sp³-hybridized carbons (Fsp3) is 0.316. The Balaban J connectivity index is 0.00000208. The van der Waals surface area contributed by atoms with Gasteiger partial charge in [0.2, 0.25) is 5.91 Å². The highest BCUT2D eigenvalue weighted by atomic mass is 35.5. The van der Waals surface area contributed by atoms with Gasteiger partial charge in [0, 0.05) is 12.0 Å². The van der Waals surface area contributed by atoms with Gasteiger partial charge in [-0.15, -0.1) is 12.4 Å². The Morgan fingerprint density at radius 3 is 2.58 bits per heavy atom. The summed E-state index contributed by atoms with van der Waals surface area (Å²) in [6, 6.07) is 17.5. The van der Waals surface area contributed by atoms with Gasteiger partial charge in [-0.05, 0) is 50.6 Å². The van der Waals surface area contributed by atoms with Gasteiger partial charge < -0.3 is 15.4 Å². The Labute approximate surface area is 149 Å². The highest BCUT2D eigenvalue weighted by Crippen LogP contribution is 2.30. The van der Waals surface area contributed by atoms with Crippen molar-refractivity contribution in [1.82, 2.24) is 5.32 Å². The number of carbonyl (C=O) groups excluding carboxylic acids is 1. The first kappa shape index (κ1) is 18.3. The van der Waals surface area contributed by atoms with Gasteiger partial charge in [-0.25, -0.2) is 0 Å². The fourth-order valence-corrected chi connectivity index (χ4v) is 2.88. The van der Waals surface area contributed by atoms with Crippen LogP contribution in [0.5, 0.6) is 11.5 Å². The maximum Gasteiger partial charge on any atom is 0.227 e. The minimum absolute atomic E-state index is 0. The molecule has 3 rings (SSSR count). The Bertz CT molecular complexity index is 663. The lowest BCUT2D eigenvalue weighted by atomic mass is 9.92. The summed E-state index contributed by atoms with van der Waals surface area (Å²) in [5, 5.41) is 6.40. The van der Waals surface area contributed by atoms with E-state index in [0.29, 0.717) is 17.5 Å². The zero-order valence-electron chi connectivity index (χ0n) is 13.7. The van der Waals surface area contributed by atoms with E-state index in [1.165, 1.54) is 0 Å². The Kier molecular flexibility index (Phi) is 6.64. The number of hydrogen-bond donors (Lipinski definition) is 2. The van der Waals surface area contributed by atoms with Crippen molar-refractivity contribution in [3.05, 3.63) is 54.6 Å². The molecule has 0 aliphatic carbocycles. The van der Waals surface area contributed by atoms with Crippen molar-refractivity contribution < 1.29 is 9.53 Å². The maximum absolute atomic E-state index is 12.5. The standard InChI is InChI=1S/C19H22N2O2.ClH/c1-14-13-15(11-12-20-14)19(22)21-17-9-5-6-10-18(17)23-16-7-3-2-4-8-16;/h2-10,14-15,20H,11-13H2,1H3,(H,21,22);1H/t14-,15-;/m0./s1. The quantitative estimate of drug-likeness (QED) is 0.871. The highest BCUT2D eigenvalue weighted by Gasteiger charge is 2.25. The van der Waals surface area contributed by atoms with Gasteiger partial charge >= 0.3 is 0 Å². The summed E-state index contributed by atoms with van der Waals surface area (Å²) >= 11 is 0. The van der Waals surface area contributed by atoms with Crippen LogP contribution in [0, 0.1) is 5.92 Å². The summed E-state index contributed by atoms with van der Waals surface area (Å²) in [6.45, 7) is 3.01. The average Bonchev–Trinajstić information content (AvgIpc) is 2.57. The number of ether oxygens (including phenoxy) is 1. The van der Waals surface area contributed by atoms with Gasteiger partial charge in [-0.2, -0.15) is 0 Å². The number of amides is 1. The molecule has 0 bridgehead atoms. The second kappa shape index (κ2) is 8.71. The van der Waals surface area contributed by atoms with E-state index in [2.05, 4.69) is 17.6 Å². The molecule has 1 saturated heterocycles. The predicted molar refractivity (Wildman–Crippen MR) is 99.0 cm³/mol. The SMILES string of the molecule is C[C@H]1C[C@@H](C(=O)Nc2ccccc2Oc2ccccc2)CCN1.Cl. The van der Waals surface area contributed by atoms with E-state index in [9.17, 15) is 4.79 Å². The number of para-hydroxylation sites is 3. The van der Waals surface area contributed by atoms with Gasteiger partial charge in [0.05, 0.1) is 5.69 Å². The van der Waals surface area contributed by atoms with E-state index in [4.69, 9.17) is 4.74 Å². The first-order valence-corrected chi connectivity index (χ1v) is 8.08. The number of hydrogen-bond acceptors (Lipinski definition) is 3. The molecule has 1 fully saturated rings. The lowest BCUT2D eigenvalue weighted by Gasteiger charge is -2.27. The molecule has 0 spiro atoms. The van der Waals surface area contributed by atoms with Crippen molar-refractivity contribution in [2.75, 3.05) is 11.9 Å². The molecule has 1 aliphatic heterocycles. The van der Waals surface area contributed by atoms with Crippen molar-refractivity contribution in [1.29, 1.82) is 0 Å². The number of halogens is 1. The van der Waals surface area contributed by atoms with Crippen LogP contribution in [0.3, 0.4) is 0 Å². The molecule has 0 aromatic heterocycles. The number of rotatable bonds is 4. The van der Waals surface area contributed by atoms with Crippen molar-refractivity contribution in [3.8, 4) is 11.5 Å². The monoisotopic (exact) mass is 346 g/mol. The number of anilines is 1. The molecule has 2 N–H and O–H groups in total. The third-order valence-corrected chi connectivity index (χ3v) is 4.11. The third-order valence-electron chi connectivity index (χ3n) is 4.11. The zero-order chi connectivity index (χ0) is 16.1. The molecule has 128 valence electrons. The molecule has 2 aromatic carbocycles. The number of piperidine rings is 1. The topological polar surface area (TPSA) is 50.4 Å². The summed E-state index contributed by atoms with van der Waals surface area (Å²) in [4.78, 5) is 12.5. The van der Waals surface area contributed by atoms with Gasteiger partial charge in [-0.3, -0.25) is 4.79 Å². The summed E-state index contributed by atoms with van der Waals surface area (Å²) in [6.07, 6.45) is 1.74. The van der Waals surface area contributed by atoms with Crippen LogP contribution in [0.4, 0.5) is 5.69 Å². The maximum atomic E-state index is 12.5. The third kappa shape index (κ3) is 4.73. The molecule has 5 heteroatoms. The highest BCUT2D eigenvalue weighted by molar-refractivity contribution is 5.94. The molecule has 4 nitrogen and oxygen atoms in total. The van der Waals surface area contributed by atoms with E-state index < -0.39 is 0 Å². The smallest absolute Gasteiger partial charge is 0.227 e. The molecular weight excluding hydrogens is 324 g/mol. The van der Waals surface area contributed by atoms with Gasteiger partial charge in [0.1, 0.15) is 5.75 Å². The van der Waals surface area contributed by atoms with Crippen molar-refractivity contribution in [2.24, 2.45) is 5.92 Å². The first-order chi connectivity index (χ1) is 11.2. The van der Waals surface area contributed by atoms with E-state index in [1.807, 2.05) is 54.6 Å². The summed E-state index contributed by atoms with van der Waals surface area (Å²) in [5.74, 6) is 1.54. The molecule has 2 atom stereocenters. The van der Waals surface area contributed by atoms with Crippen molar-refractivity contribution >= 4 is 24.0 Å². The van der Waals surface area contributed by atoms with E-state index in [-0.39, 0.29) is 24.2 Å². The average molecular weight is 347 g/mol. The second-order valence-electron chi connectivity index (χ2n) is 5.98.